The second kappa shape index (κ2) is 6.79. The lowest BCUT2D eigenvalue weighted by molar-refractivity contribution is 0.342. The van der Waals surface area contributed by atoms with Gasteiger partial charge in [-0.05, 0) is 37.6 Å². The third-order valence-electron chi connectivity index (χ3n) is 3.85. The van der Waals surface area contributed by atoms with Crippen LogP contribution in [0.2, 0.25) is 0 Å². The number of rotatable bonds is 5. The van der Waals surface area contributed by atoms with Crippen molar-refractivity contribution in [1.82, 2.24) is 0 Å². The van der Waals surface area contributed by atoms with Gasteiger partial charge in [0.25, 0.3) is 0 Å². The fourth-order valence-corrected chi connectivity index (χ4v) is 2.67. The Kier molecular flexibility index (Phi) is 4.56. The first-order valence-corrected chi connectivity index (χ1v) is 7.89. The molecule has 0 saturated heterocycles. The first-order chi connectivity index (χ1) is 11.7. The smallest absolute Gasteiger partial charge is 0.364 e. The summed E-state index contributed by atoms with van der Waals surface area (Å²) in [4.78, 5) is 0. The minimum atomic E-state index is 0.596. The van der Waals surface area contributed by atoms with Gasteiger partial charge in [0.15, 0.2) is 11.5 Å². The molecule has 0 N–H and O–H groups in total. The molecule has 0 spiro atoms. The van der Waals surface area contributed by atoms with E-state index < -0.39 is 0 Å². The molecule has 3 aromatic rings. The molecule has 1 heterocycles. The predicted molar refractivity (Wildman–Crippen MR) is 95.1 cm³/mol. The Balaban J connectivity index is 2.18. The first kappa shape index (κ1) is 16.1. The van der Waals surface area contributed by atoms with Crippen molar-refractivity contribution < 1.29 is 18.6 Å². The number of benzene rings is 2. The highest BCUT2D eigenvalue weighted by molar-refractivity contribution is 5.86. The maximum Gasteiger partial charge on any atom is 0.364 e. The van der Waals surface area contributed by atoms with Gasteiger partial charge in [0, 0.05) is 12.1 Å². The molecule has 0 fully saturated rings. The number of fused-ring (bicyclic) bond motifs is 1. The van der Waals surface area contributed by atoms with Crippen LogP contribution in [0.25, 0.3) is 22.3 Å². The van der Waals surface area contributed by atoms with Crippen molar-refractivity contribution in [1.29, 1.82) is 0 Å². The average molecular weight is 325 g/mol. The van der Waals surface area contributed by atoms with Crippen LogP contribution >= 0.6 is 0 Å². The summed E-state index contributed by atoms with van der Waals surface area (Å²) in [5, 5.41) is 0.965. The van der Waals surface area contributed by atoms with E-state index in [4.69, 9.17) is 18.6 Å². The number of hydrogen-bond donors (Lipinski definition) is 0. The van der Waals surface area contributed by atoms with Crippen molar-refractivity contribution in [3.63, 3.8) is 0 Å². The summed E-state index contributed by atoms with van der Waals surface area (Å²) in [5.41, 5.74) is 2.83. The average Bonchev–Trinajstić information content (AvgIpc) is 2.60. The summed E-state index contributed by atoms with van der Waals surface area (Å²) >= 11 is 0. The molecule has 0 aliphatic carbocycles. The summed E-state index contributed by atoms with van der Waals surface area (Å²) in [6.45, 7) is 4.61. The van der Waals surface area contributed by atoms with Gasteiger partial charge < -0.3 is 14.2 Å². The Hall–Kier alpha value is -2.75. The van der Waals surface area contributed by atoms with Crippen molar-refractivity contribution in [3.8, 4) is 28.6 Å². The van der Waals surface area contributed by atoms with Crippen LogP contribution in [0.4, 0.5) is 0 Å². The van der Waals surface area contributed by atoms with Crippen molar-refractivity contribution in [3.05, 3.63) is 48.0 Å². The Morgan fingerprint density at radius 2 is 1.67 bits per heavy atom. The molecule has 2 aromatic carbocycles. The summed E-state index contributed by atoms with van der Waals surface area (Å²) in [6, 6.07) is 13.7. The molecule has 0 amide bonds. The summed E-state index contributed by atoms with van der Waals surface area (Å²) in [5.74, 6) is 2.87. The lowest BCUT2D eigenvalue weighted by Crippen LogP contribution is -1.94. The van der Waals surface area contributed by atoms with Crippen LogP contribution in [-0.2, 0) is 0 Å². The first-order valence-electron chi connectivity index (χ1n) is 7.89. The SMILES string of the molecule is CCOc1cc(-c2ccc(OC)c(OC)c2)[o+]c2cc(C)ccc12. The van der Waals surface area contributed by atoms with Gasteiger partial charge in [0.2, 0.25) is 0 Å². The fraction of sp³-hybridized carbons (Fsp3) is 0.250. The molecule has 24 heavy (non-hydrogen) atoms. The van der Waals surface area contributed by atoms with E-state index >= 15 is 0 Å². The van der Waals surface area contributed by atoms with E-state index in [2.05, 4.69) is 6.07 Å². The molecular weight excluding hydrogens is 304 g/mol. The Labute approximate surface area is 141 Å². The van der Waals surface area contributed by atoms with Crippen molar-refractivity contribution in [2.45, 2.75) is 13.8 Å². The van der Waals surface area contributed by atoms with Gasteiger partial charge in [0.05, 0.1) is 32.5 Å². The topological polar surface area (TPSA) is 39.0 Å². The van der Waals surface area contributed by atoms with E-state index in [1.165, 1.54) is 0 Å². The lowest BCUT2D eigenvalue weighted by Gasteiger charge is -2.08. The zero-order chi connectivity index (χ0) is 17.1. The van der Waals surface area contributed by atoms with Gasteiger partial charge in [-0.25, -0.2) is 4.42 Å². The van der Waals surface area contributed by atoms with Gasteiger partial charge in [-0.15, -0.1) is 0 Å². The number of hydrogen-bond acceptors (Lipinski definition) is 3. The molecule has 0 aliphatic rings. The van der Waals surface area contributed by atoms with E-state index in [-0.39, 0.29) is 0 Å². The maximum absolute atomic E-state index is 6.11. The Morgan fingerprint density at radius 1 is 0.875 bits per heavy atom. The van der Waals surface area contributed by atoms with Crippen LogP contribution in [0.1, 0.15) is 12.5 Å². The minimum Gasteiger partial charge on any atom is -0.493 e. The summed E-state index contributed by atoms with van der Waals surface area (Å²) in [6.07, 6.45) is 0. The standard InChI is InChI=1S/C20H21O4/c1-5-23-18-12-17(24-19-10-13(2)6-8-15(18)19)14-7-9-16(21-3)20(11-14)22-4/h6-12H,5H2,1-4H3/q+1. The molecule has 1 aromatic heterocycles. The normalized spacial score (nSPS) is 10.7. The van der Waals surface area contributed by atoms with Crippen LogP contribution in [0.15, 0.2) is 46.9 Å². The van der Waals surface area contributed by atoms with Crippen molar-refractivity contribution >= 4 is 11.0 Å². The molecule has 4 nitrogen and oxygen atoms in total. The molecule has 3 rings (SSSR count). The largest absolute Gasteiger partial charge is 0.493 e. The van der Waals surface area contributed by atoms with E-state index in [1.807, 2.05) is 50.2 Å². The quantitative estimate of drug-likeness (QED) is 0.611. The monoisotopic (exact) mass is 325 g/mol. The highest BCUT2D eigenvalue weighted by Crippen LogP contribution is 2.37. The van der Waals surface area contributed by atoms with Gasteiger partial charge in [-0.3, -0.25) is 0 Å². The Morgan fingerprint density at radius 3 is 2.38 bits per heavy atom. The van der Waals surface area contributed by atoms with Gasteiger partial charge in [0.1, 0.15) is 11.1 Å². The molecule has 0 bridgehead atoms. The van der Waals surface area contributed by atoms with Crippen molar-refractivity contribution in [2.75, 3.05) is 20.8 Å². The molecule has 124 valence electrons. The van der Waals surface area contributed by atoms with E-state index in [0.29, 0.717) is 18.1 Å². The maximum atomic E-state index is 6.11. The van der Waals surface area contributed by atoms with Crippen LogP contribution < -0.4 is 14.2 Å². The summed E-state index contributed by atoms with van der Waals surface area (Å²) < 4.78 is 22.6. The van der Waals surface area contributed by atoms with Crippen LogP contribution in [0.5, 0.6) is 17.2 Å². The van der Waals surface area contributed by atoms with Crippen LogP contribution in [0, 0.1) is 6.92 Å². The molecule has 0 saturated carbocycles. The Bertz CT molecular complexity index is 871. The lowest BCUT2D eigenvalue weighted by atomic mass is 10.1. The van der Waals surface area contributed by atoms with Crippen LogP contribution in [0.3, 0.4) is 0 Å². The third-order valence-corrected chi connectivity index (χ3v) is 3.85. The fourth-order valence-electron chi connectivity index (χ4n) is 2.67. The van der Waals surface area contributed by atoms with Crippen molar-refractivity contribution in [2.24, 2.45) is 0 Å². The van der Waals surface area contributed by atoms with E-state index in [1.54, 1.807) is 14.2 Å². The molecule has 0 unspecified atom stereocenters. The van der Waals surface area contributed by atoms with Gasteiger partial charge in [-0.1, -0.05) is 6.07 Å². The number of ether oxygens (including phenoxy) is 3. The highest BCUT2D eigenvalue weighted by Gasteiger charge is 2.21. The molecular formula is C20H21O4+. The van der Waals surface area contributed by atoms with Gasteiger partial charge >= 0.3 is 11.3 Å². The second-order valence-corrected chi connectivity index (χ2v) is 5.48. The highest BCUT2D eigenvalue weighted by atomic mass is 16.5. The molecule has 0 radical (unpaired) electrons. The second-order valence-electron chi connectivity index (χ2n) is 5.48. The predicted octanol–water partition coefficient (Wildman–Crippen LogP) is 5.11. The molecule has 0 aliphatic heterocycles. The minimum absolute atomic E-state index is 0.596. The zero-order valence-corrected chi connectivity index (χ0v) is 14.4. The number of methoxy groups -OCH3 is 2. The molecule has 0 atom stereocenters. The zero-order valence-electron chi connectivity index (χ0n) is 14.4. The summed E-state index contributed by atoms with van der Waals surface area (Å²) in [7, 11) is 3.24. The van der Waals surface area contributed by atoms with Gasteiger partial charge in [-0.2, -0.15) is 0 Å². The van der Waals surface area contributed by atoms with Crippen LogP contribution in [-0.4, -0.2) is 20.8 Å². The van der Waals surface area contributed by atoms with E-state index in [0.717, 1.165) is 33.6 Å². The third kappa shape index (κ3) is 3.00. The van der Waals surface area contributed by atoms with E-state index in [9.17, 15) is 0 Å². The molecule has 4 heteroatoms. The number of aryl methyl sites for hydroxylation is 1.